The van der Waals surface area contributed by atoms with Gasteiger partial charge in [-0.3, -0.25) is 14.5 Å². The lowest BCUT2D eigenvalue weighted by Gasteiger charge is -2.47. The van der Waals surface area contributed by atoms with Crippen LogP contribution in [-0.2, 0) is 33.9 Å². The molecule has 4 aromatic rings. The van der Waals surface area contributed by atoms with E-state index in [-0.39, 0.29) is 47.2 Å². The van der Waals surface area contributed by atoms with E-state index in [2.05, 4.69) is 42.9 Å². The van der Waals surface area contributed by atoms with Gasteiger partial charge >= 0.3 is 0 Å². The van der Waals surface area contributed by atoms with Crippen LogP contribution in [0.2, 0.25) is 0 Å². The highest BCUT2D eigenvalue weighted by Crippen LogP contribution is 2.37. The number of nitrogen functional groups attached to an aromatic ring is 1. The van der Waals surface area contributed by atoms with E-state index in [0.29, 0.717) is 146 Å². The molecule has 0 atom stereocenters. The number of hydrogen-bond acceptors (Lipinski definition) is 16. The molecule has 2 aromatic carbocycles. The normalized spacial score (nSPS) is 20.1. The minimum Gasteiger partial charge on any atom is -0.508 e. The van der Waals surface area contributed by atoms with E-state index in [9.17, 15) is 24.9 Å². The average molecular weight is 864 g/mol. The molecule has 4 fully saturated rings. The van der Waals surface area contributed by atoms with Crippen molar-refractivity contribution in [2.75, 3.05) is 87.7 Å². The number of nitrogens with zero attached hydrogens (tertiary/aromatic N) is 10. The first-order valence-electron chi connectivity index (χ1n) is 22.1. The van der Waals surface area contributed by atoms with Crippen LogP contribution in [0.25, 0.3) is 11.4 Å². The number of carbonyl (C=O) groups is 2. The first-order valence-corrected chi connectivity index (χ1v) is 22.1. The first-order chi connectivity index (χ1) is 30.3. The molecule has 0 aliphatic carbocycles. The molecule has 5 aliphatic heterocycles. The van der Waals surface area contributed by atoms with Gasteiger partial charge in [0.25, 0.3) is 5.91 Å². The molecule has 4 saturated heterocycles. The third kappa shape index (κ3) is 9.21. The lowest BCUT2D eigenvalue weighted by atomic mass is 9.86. The Hall–Kier alpha value is -5.69. The Labute approximate surface area is 366 Å². The smallest absolute Gasteiger partial charge is 0.258 e. The van der Waals surface area contributed by atoms with Crippen molar-refractivity contribution in [3.63, 3.8) is 0 Å². The van der Waals surface area contributed by atoms with Gasteiger partial charge < -0.3 is 50.1 Å². The van der Waals surface area contributed by atoms with Crippen molar-refractivity contribution in [2.24, 2.45) is 0 Å². The summed E-state index contributed by atoms with van der Waals surface area (Å²) in [4.78, 5) is 60.2. The van der Waals surface area contributed by atoms with Gasteiger partial charge in [0, 0.05) is 83.9 Å². The maximum atomic E-state index is 13.7. The van der Waals surface area contributed by atoms with Gasteiger partial charge in [0.1, 0.15) is 11.5 Å². The van der Waals surface area contributed by atoms with E-state index >= 15 is 0 Å². The predicted octanol–water partition coefficient (Wildman–Crippen LogP) is 3.05. The molecule has 2 amide bonds. The van der Waals surface area contributed by atoms with Crippen LogP contribution in [0.15, 0.2) is 42.7 Å². The summed E-state index contributed by atoms with van der Waals surface area (Å²) in [6, 6.07) is 9.14. The Morgan fingerprint density at radius 3 is 2.19 bits per heavy atom. The van der Waals surface area contributed by atoms with Crippen LogP contribution in [0, 0.1) is 0 Å². The molecule has 18 nitrogen and oxygen atoms in total. The summed E-state index contributed by atoms with van der Waals surface area (Å²) in [5.74, 6) is 1.20. The SMILES string of the molecule is CC(C)c1cc(C(=O)N2Cc3ccc(CN4CCC(O)(CC(=O)N5CCC6(CC5)CN(c5nc(-c7cnc(N)nc7)nc(N7CCOCC7)n5)CCO6)CC4)cc3C2)c(O)cc1O. The molecule has 1 spiro atoms. The Bertz CT molecular complexity index is 2330. The van der Waals surface area contributed by atoms with Crippen molar-refractivity contribution in [3.8, 4) is 22.9 Å². The van der Waals surface area contributed by atoms with Gasteiger partial charge in [0.05, 0.1) is 55.1 Å². The highest BCUT2D eigenvalue weighted by Gasteiger charge is 2.43. The topological polar surface area (TPSA) is 220 Å². The summed E-state index contributed by atoms with van der Waals surface area (Å²) < 4.78 is 12.0. The van der Waals surface area contributed by atoms with Crippen LogP contribution in [-0.4, -0.2) is 150 Å². The van der Waals surface area contributed by atoms with E-state index in [1.165, 1.54) is 6.07 Å². The Kier molecular flexibility index (Phi) is 11.8. The van der Waals surface area contributed by atoms with E-state index < -0.39 is 11.2 Å². The summed E-state index contributed by atoms with van der Waals surface area (Å²) in [7, 11) is 0. The van der Waals surface area contributed by atoms with Crippen molar-refractivity contribution in [1.29, 1.82) is 0 Å². The number of anilines is 3. The maximum absolute atomic E-state index is 13.7. The van der Waals surface area contributed by atoms with E-state index in [0.717, 1.165) is 16.7 Å². The van der Waals surface area contributed by atoms with Gasteiger partial charge in [0.2, 0.25) is 23.8 Å². The fraction of sp³-hybridized carbons (Fsp3) is 0.533. The van der Waals surface area contributed by atoms with Crippen molar-refractivity contribution < 1.29 is 34.4 Å². The molecule has 334 valence electrons. The number of aliphatic hydroxyl groups is 1. The lowest BCUT2D eigenvalue weighted by molar-refractivity contribution is -0.146. The van der Waals surface area contributed by atoms with Crippen LogP contribution < -0.4 is 15.5 Å². The minimum absolute atomic E-state index is 0.00425. The molecule has 9 rings (SSSR count). The number of phenolic OH excluding ortho intramolecular Hbond substituents is 2. The summed E-state index contributed by atoms with van der Waals surface area (Å²) in [6.45, 7) is 12.0. The lowest BCUT2D eigenvalue weighted by Crippen LogP contribution is -2.58. The minimum atomic E-state index is -1.07. The molecule has 5 aliphatic rings. The number of aromatic nitrogens is 5. The fourth-order valence-corrected chi connectivity index (χ4v) is 9.51. The van der Waals surface area contributed by atoms with E-state index in [1.807, 2.05) is 18.7 Å². The number of aromatic hydroxyl groups is 2. The first kappa shape index (κ1) is 42.6. The quantitative estimate of drug-likeness (QED) is 0.190. The number of ether oxygens (including phenoxy) is 2. The molecular formula is C45H57N11O7. The van der Waals surface area contributed by atoms with Crippen LogP contribution >= 0.6 is 0 Å². The number of likely N-dealkylation sites (tertiary alicyclic amines) is 2. The second-order valence-corrected chi connectivity index (χ2v) is 18.0. The molecule has 0 bridgehead atoms. The number of benzene rings is 2. The number of morpholine rings is 2. The van der Waals surface area contributed by atoms with Gasteiger partial charge in [0.15, 0.2) is 5.82 Å². The predicted molar refractivity (Wildman–Crippen MR) is 233 cm³/mol. The highest BCUT2D eigenvalue weighted by molar-refractivity contribution is 5.97. The van der Waals surface area contributed by atoms with E-state index in [4.69, 9.17) is 30.2 Å². The van der Waals surface area contributed by atoms with Gasteiger partial charge in [-0.15, -0.1) is 0 Å². The third-order valence-corrected chi connectivity index (χ3v) is 13.3. The molecule has 0 unspecified atom stereocenters. The molecule has 0 saturated carbocycles. The Morgan fingerprint density at radius 1 is 0.794 bits per heavy atom. The van der Waals surface area contributed by atoms with Crippen molar-refractivity contribution in [2.45, 2.75) is 82.7 Å². The van der Waals surface area contributed by atoms with Crippen molar-refractivity contribution in [3.05, 3.63) is 70.5 Å². The number of hydrogen-bond donors (Lipinski definition) is 4. The van der Waals surface area contributed by atoms with Gasteiger partial charge in [-0.2, -0.15) is 15.0 Å². The van der Waals surface area contributed by atoms with Crippen LogP contribution in [0.5, 0.6) is 11.5 Å². The van der Waals surface area contributed by atoms with Gasteiger partial charge in [-0.1, -0.05) is 32.0 Å². The number of carbonyl (C=O) groups excluding carboxylic acids is 2. The standard InChI is InChI=1S/C45H57N11O7/c1-29(2)34-20-35(37(58)21-36(34)57)40(60)56-26-31-4-3-30(19-32(31)27-56)25-52-9-5-44(61,6-10-52)22-38(59)53-11-7-45(8-12-53)28-55(15-18-63-45)43-50-39(33-23-47-41(46)48-24-33)49-42(51-43)54-13-16-62-17-14-54/h3-4,19-21,23-24,29,57-58,61H,5-18,22,25-28H2,1-2H3,(H2,46,47,48). The molecule has 2 aromatic heterocycles. The van der Waals surface area contributed by atoms with Crippen molar-refractivity contribution >= 4 is 29.7 Å². The molecule has 5 N–H and O–H groups in total. The zero-order chi connectivity index (χ0) is 43.9. The van der Waals surface area contributed by atoms with Crippen LogP contribution in [0.1, 0.15) is 84.5 Å². The van der Waals surface area contributed by atoms with E-state index in [1.54, 1.807) is 23.4 Å². The number of fused-ring (bicyclic) bond motifs is 1. The third-order valence-electron chi connectivity index (χ3n) is 13.3. The molecular weight excluding hydrogens is 807 g/mol. The second kappa shape index (κ2) is 17.5. The maximum Gasteiger partial charge on any atom is 0.258 e. The van der Waals surface area contributed by atoms with Gasteiger partial charge in [-0.25, -0.2) is 9.97 Å². The number of amides is 2. The van der Waals surface area contributed by atoms with Crippen molar-refractivity contribution in [1.82, 2.24) is 39.6 Å². The number of nitrogens with two attached hydrogens (primary N) is 1. The van der Waals surface area contributed by atoms with Crippen LogP contribution in [0.3, 0.4) is 0 Å². The van der Waals surface area contributed by atoms with Gasteiger partial charge in [-0.05, 0) is 59.9 Å². The fourth-order valence-electron chi connectivity index (χ4n) is 9.51. The number of piperidine rings is 2. The molecule has 0 radical (unpaired) electrons. The summed E-state index contributed by atoms with van der Waals surface area (Å²) in [6.07, 6.45) is 5.64. The highest BCUT2D eigenvalue weighted by atomic mass is 16.5. The number of rotatable bonds is 9. The summed E-state index contributed by atoms with van der Waals surface area (Å²) in [5.41, 5.74) is 8.93. The molecule has 18 heteroatoms. The second-order valence-electron chi connectivity index (χ2n) is 18.0. The summed E-state index contributed by atoms with van der Waals surface area (Å²) in [5, 5.41) is 32.4. The monoisotopic (exact) mass is 863 g/mol. The number of phenols is 2. The Morgan fingerprint density at radius 2 is 1.48 bits per heavy atom. The average Bonchev–Trinajstić information content (AvgIpc) is 3.71. The molecule has 7 heterocycles. The zero-order valence-corrected chi connectivity index (χ0v) is 36.1. The Balaban J connectivity index is 0.770. The molecule has 63 heavy (non-hydrogen) atoms. The largest absolute Gasteiger partial charge is 0.508 e. The zero-order valence-electron chi connectivity index (χ0n) is 36.1. The van der Waals surface area contributed by atoms with Crippen LogP contribution in [0.4, 0.5) is 17.8 Å². The summed E-state index contributed by atoms with van der Waals surface area (Å²) >= 11 is 0.